The van der Waals surface area contributed by atoms with E-state index in [0.717, 1.165) is 6.08 Å². The molecule has 0 aromatic heterocycles. The van der Waals surface area contributed by atoms with Crippen molar-refractivity contribution in [2.45, 2.75) is 6.18 Å². The van der Waals surface area contributed by atoms with Crippen LogP contribution >= 0.6 is 0 Å². The SMILES string of the molecule is O=C(/C=C\Nc1ccccc1)OCC(F)(F)F. The predicted molar refractivity (Wildman–Crippen MR) is 56.2 cm³/mol. The van der Waals surface area contributed by atoms with E-state index in [-0.39, 0.29) is 0 Å². The van der Waals surface area contributed by atoms with Gasteiger partial charge in [-0.1, -0.05) is 18.2 Å². The number of ether oxygens (including phenoxy) is 1. The largest absolute Gasteiger partial charge is 0.453 e. The fourth-order valence-corrected chi connectivity index (χ4v) is 0.941. The highest BCUT2D eigenvalue weighted by Gasteiger charge is 2.29. The summed E-state index contributed by atoms with van der Waals surface area (Å²) >= 11 is 0. The smallest absolute Gasteiger partial charge is 0.422 e. The highest BCUT2D eigenvalue weighted by atomic mass is 19.4. The quantitative estimate of drug-likeness (QED) is 0.654. The summed E-state index contributed by atoms with van der Waals surface area (Å²) in [7, 11) is 0. The second kappa shape index (κ2) is 5.93. The number of esters is 1. The van der Waals surface area contributed by atoms with Crippen LogP contribution in [0.4, 0.5) is 18.9 Å². The zero-order chi connectivity index (χ0) is 12.7. The Morgan fingerprint density at radius 2 is 1.94 bits per heavy atom. The standard InChI is InChI=1S/C11H10F3NO2/c12-11(13,14)8-17-10(16)6-7-15-9-4-2-1-3-5-9/h1-7,15H,8H2/b7-6-. The molecule has 0 fully saturated rings. The Hall–Kier alpha value is -1.98. The Bertz CT molecular complexity index is 387. The first-order chi connectivity index (χ1) is 7.97. The summed E-state index contributed by atoms with van der Waals surface area (Å²) in [6.45, 7) is -1.58. The Balaban J connectivity index is 2.32. The third-order valence-electron chi connectivity index (χ3n) is 1.62. The first-order valence-electron chi connectivity index (χ1n) is 4.69. The Labute approximate surface area is 95.9 Å². The van der Waals surface area contributed by atoms with Crippen molar-refractivity contribution in [2.75, 3.05) is 11.9 Å². The summed E-state index contributed by atoms with van der Waals surface area (Å²) in [6.07, 6.45) is -2.40. The number of carbonyl (C=O) groups excluding carboxylic acids is 1. The lowest BCUT2D eigenvalue weighted by Crippen LogP contribution is -2.19. The van der Waals surface area contributed by atoms with Crippen LogP contribution in [0.3, 0.4) is 0 Å². The fourth-order valence-electron chi connectivity index (χ4n) is 0.941. The molecule has 0 radical (unpaired) electrons. The van der Waals surface area contributed by atoms with Crippen molar-refractivity contribution in [1.82, 2.24) is 0 Å². The zero-order valence-electron chi connectivity index (χ0n) is 8.70. The van der Waals surface area contributed by atoms with Crippen LogP contribution in [0.1, 0.15) is 0 Å². The summed E-state index contributed by atoms with van der Waals surface area (Å²) in [5.41, 5.74) is 0.715. The number of carbonyl (C=O) groups is 1. The van der Waals surface area contributed by atoms with Crippen molar-refractivity contribution in [3.63, 3.8) is 0 Å². The molecular formula is C11H10F3NO2. The molecule has 1 aromatic rings. The Morgan fingerprint density at radius 3 is 2.53 bits per heavy atom. The van der Waals surface area contributed by atoms with Crippen molar-refractivity contribution in [2.24, 2.45) is 0 Å². The molecule has 0 bridgehead atoms. The minimum Gasteiger partial charge on any atom is -0.453 e. The van der Waals surface area contributed by atoms with Crippen molar-refractivity contribution in [3.05, 3.63) is 42.6 Å². The third kappa shape index (κ3) is 6.24. The predicted octanol–water partition coefficient (Wildman–Crippen LogP) is 2.72. The number of nitrogens with one attached hydrogen (secondary N) is 1. The van der Waals surface area contributed by atoms with Gasteiger partial charge in [-0.3, -0.25) is 0 Å². The van der Waals surface area contributed by atoms with E-state index in [1.807, 2.05) is 6.07 Å². The van der Waals surface area contributed by atoms with Crippen LogP contribution in [0.15, 0.2) is 42.6 Å². The van der Waals surface area contributed by atoms with Gasteiger partial charge >= 0.3 is 12.1 Å². The number of halogens is 3. The van der Waals surface area contributed by atoms with Gasteiger partial charge in [-0.2, -0.15) is 13.2 Å². The molecule has 1 rings (SSSR count). The molecule has 3 nitrogen and oxygen atoms in total. The second-order valence-corrected chi connectivity index (χ2v) is 3.07. The lowest BCUT2D eigenvalue weighted by molar-refractivity contribution is -0.182. The minimum absolute atomic E-state index is 0.715. The maximum atomic E-state index is 11.7. The van der Waals surface area contributed by atoms with E-state index in [1.54, 1.807) is 24.3 Å². The van der Waals surface area contributed by atoms with Gasteiger partial charge in [0.15, 0.2) is 6.61 Å². The average molecular weight is 245 g/mol. The number of rotatable bonds is 4. The molecular weight excluding hydrogens is 235 g/mol. The van der Waals surface area contributed by atoms with Gasteiger partial charge in [-0.05, 0) is 12.1 Å². The van der Waals surface area contributed by atoms with E-state index in [0.29, 0.717) is 5.69 Å². The van der Waals surface area contributed by atoms with E-state index in [2.05, 4.69) is 10.1 Å². The number of hydrogen-bond donors (Lipinski definition) is 1. The van der Waals surface area contributed by atoms with Gasteiger partial charge in [0.1, 0.15) is 0 Å². The normalized spacial score (nSPS) is 11.5. The third-order valence-corrected chi connectivity index (χ3v) is 1.62. The van der Waals surface area contributed by atoms with Crippen LogP contribution in [0.2, 0.25) is 0 Å². The topological polar surface area (TPSA) is 38.3 Å². The lowest BCUT2D eigenvalue weighted by atomic mass is 10.3. The van der Waals surface area contributed by atoms with Crippen molar-refractivity contribution >= 4 is 11.7 Å². The fraction of sp³-hybridized carbons (Fsp3) is 0.182. The number of alkyl halides is 3. The van der Waals surface area contributed by atoms with Gasteiger partial charge in [-0.15, -0.1) is 0 Å². The van der Waals surface area contributed by atoms with Crippen LogP contribution in [0.25, 0.3) is 0 Å². The van der Waals surface area contributed by atoms with E-state index in [9.17, 15) is 18.0 Å². The molecule has 0 unspecified atom stereocenters. The zero-order valence-corrected chi connectivity index (χ0v) is 8.70. The highest BCUT2D eigenvalue weighted by Crippen LogP contribution is 2.14. The number of hydrogen-bond acceptors (Lipinski definition) is 3. The van der Waals surface area contributed by atoms with Crippen molar-refractivity contribution < 1.29 is 22.7 Å². The monoisotopic (exact) mass is 245 g/mol. The molecule has 1 aromatic carbocycles. The first kappa shape index (κ1) is 13.1. The van der Waals surface area contributed by atoms with E-state index >= 15 is 0 Å². The van der Waals surface area contributed by atoms with Gasteiger partial charge in [-0.25, -0.2) is 4.79 Å². The minimum atomic E-state index is -4.50. The molecule has 0 amide bonds. The molecule has 0 atom stereocenters. The van der Waals surface area contributed by atoms with Gasteiger partial charge in [0.25, 0.3) is 0 Å². The van der Waals surface area contributed by atoms with E-state index in [1.165, 1.54) is 6.20 Å². The molecule has 0 aliphatic carbocycles. The van der Waals surface area contributed by atoms with Crippen LogP contribution in [-0.2, 0) is 9.53 Å². The second-order valence-electron chi connectivity index (χ2n) is 3.07. The summed E-state index contributed by atoms with van der Waals surface area (Å²) < 4.78 is 39.0. The molecule has 1 N–H and O–H groups in total. The van der Waals surface area contributed by atoms with Crippen molar-refractivity contribution in [1.29, 1.82) is 0 Å². The van der Waals surface area contributed by atoms with Crippen LogP contribution in [0, 0.1) is 0 Å². The molecule has 0 heterocycles. The van der Waals surface area contributed by atoms with E-state index < -0.39 is 18.8 Å². The van der Waals surface area contributed by atoms with Crippen LogP contribution in [-0.4, -0.2) is 18.8 Å². The molecule has 0 saturated heterocycles. The van der Waals surface area contributed by atoms with Crippen LogP contribution in [0.5, 0.6) is 0 Å². The van der Waals surface area contributed by atoms with E-state index in [4.69, 9.17) is 0 Å². The summed E-state index contributed by atoms with van der Waals surface area (Å²) in [4.78, 5) is 10.8. The van der Waals surface area contributed by atoms with Gasteiger partial charge in [0, 0.05) is 18.0 Å². The number of para-hydroxylation sites is 1. The molecule has 0 spiro atoms. The molecule has 17 heavy (non-hydrogen) atoms. The lowest BCUT2D eigenvalue weighted by Gasteiger charge is -2.05. The maximum absolute atomic E-state index is 11.7. The number of benzene rings is 1. The Kier molecular flexibility index (Phi) is 4.56. The molecule has 6 heteroatoms. The summed E-state index contributed by atoms with van der Waals surface area (Å²) in [5.74, 6) is -1.05. The summed E-state index contributed by atoms with van der Waals surface area (Å²) in [5, 5.41) is 2.71. The molecule has 0 aliphatic rings. The van der Waals surface area contributed by atoms with Crippen molar-refractivity contribution in [3.8, 4) is 0 Å². The van der Waals surface area contributed by atoms with Gasteiger partial charge in [0.2, 0.25) is 0 Å². The number of anilines is 1. The summed E-state index contributed by atoms with van der Waals surface area (Å²) in [6, 6.07) is 8.85. The van der Waals surface area contributed by atoms with Crippen LogP contribution < -0.4 is 5.32 Å². The van der Waals surface area contributed by atoms with Gasteiger partial charge in [0.05, 0.1) is 0 Å². The van der Waals surface area contributed by atoms with Gasteiger partial charge < -0.3 is 10.1 Å². The average Bonchev–Trinajstić information content (AvgIpc) is 2.27. The first-order valence-corrected chi connectivity index (χ1v) is 4.69. The molecule has 92 valence electrons. The molecule has 0 saturated carbocycles. The molecule has 0 aliphatic heterocycles. The highest BCUT2D eigenvalue weighted by molar-refractivity contribution is 5.82. The maximum Gasteiger partial charge on any atom is 0.422 e. The Morgan fingerprint density at radius 1 is 1.29 bits per heavy atom.